The fourth-order valence-corrected chi connectivity index (χ4v) is 5.40. The Bertz CT molecular complexity index is 1470. The zero-order valence-electron chi connectivity index (χ0n) is 18.9. The van der Waals surface area contributed by atoms with Gasteiger partial charge in [0.2, 0.25) is 5.91 Å². The number of rotatable bonds is 5. The zero-order chi connectivity index (χ0) is 24.4. The molecule has 11 heteroatoms. The molecule has 4 atom stereocenters. The zero-order valence-corrected chi connectivity index (χ0v) is 19.7. The predicted octanol–water partition coefficient (Wildman–Crippen LogP) is 4.28. The summed E-state index contributed by atoms with van der Waals surface area (Å²) in [7, 11) is 1.86. The molecule has 0 aliphatic heterocycles. The third kappa shape index (κ3) is 3.71. The van der Waals surface area contributed by atoms with Gasteiger partial charge in [-0.1, -0.05) is 11.6 Å². The van der Waals surface area contributed by atoms with Crippen molar-refractivity contribution in [2.45, 2.75) is 43.9 Å². The molecule has 0 spiro atoms. The summed E-state index contributed by atoms with van der Waals surface area (Å²) in [6.07, 6.45) is 5.08. The number of aromatic amines is 1. The average Bonchev–Trinajstić information content (AvgIpc) is 3.19. The monoisotopic (exact) mass is 499 g/mol. The van der Waals surface area contributed by atoms with Crippen LogP contribution in [0.15, 0.2) is 30.6 Å². The molecule has 2 aliphatic rings. The first-order valence-corrected chi connectivity index (χ1v) is 12.0. The van der Waals surface area contributed by atoms with Gasteiger partial charge in [-0.2, -0.15) is 10.2 Å². The number of pyridine rings is 1. The predicted molar refractivity (Wildman–Crippen MR) is 131 cm³/mol. The van der Waals surface area contributed by atoms with E-state index in [-0.39, 0.29) is 29.4 Å². The Balaban J connectivity index is 1.39. The second-order valence-electron chi connectivity index (χ2n) is 9.51. The van der Waals surface area contributed by atoms with Gasteiger partial charge in [-0.25, -0.2) is 13.3 Å². The van der Waals surface area contributed by atoms with Gasteiger partial charge in [0.25, 0.3) is 0 Å². The van der Waals surface area contributed by atoms with Crippen molar-refractivity contribution in [3.05, 3.63) is 41.4 Å². The Morgan fingerprint density at radius 3 is 2.86 bits per heavy atom. The summed E-state index contributed by atoms with van der Waals surface area (Å²) in [4.78, 5) is 14.0. The first-order chi connectivity index (χ1) is 16.8. The maximum absolute atomic E-state index is 15.8. The van der Waals surface area contributed by atoms with E-state index in [1.165, 1.54) is 0 Å². The van der Waals surface area contributed by atoms with E-state index in [4.69, 9.17) is 17.3 Å². The number of benzene rings is 1. The lowest BCUT2D eigenvalue weighted by Crippen LogP contribution is -2.31. The third-order valence-corrected chi connectivity index (χ3v) is 7.52. The molecule has 8 nitrogen and oxygen atoms in total. The summed E-state index contributed by atoms with van der Waals surface area (Å²) in [5.74, 6) is -1.19. The highest BCUT2D eigenvalue weighted by molar-refractivity contribution is 6.36. The van der Waals surface area contributed by atoms with Crippen molar-refractivity contribution in [3.63, 3.8) is 0 Å². The van der Waals surface area contributed by atoms with Gasteiger partial charge in [-0.3, -0.25) is 9.89 Å². The number of H-pyrrole nitrogens is 1. The molecule has 1 amide bonds. The van der Waals surface area contributed by atoms with E-state index in [0.29, 0.717) is 39.1 Å². The Labute approximate surface area is 204 Å². The number of aromatic nitrogens is 4. The lowest BCUT2D eigenvalue weighted by Gasteiger charge is -2.28. The van der Waals surface area contributed by atoms with Crippen molar-refractivity contribution in [2.24, 2.45) is 11.7 Å². The van der Waals surface area contributed by atoms with Crippen LogP contribution in [0.1, 0.15) is 25.7 Å². The first-order valence-electron chi connectivity index (χ1n) is 11.6. The molecular weight excluding hydrogens is 476 g/mol. The van der Waals surface area contributed by atoms with Crippen LogP contribution in [-0.2, 0) is 4.79 Å². The molecule has 3 aromatic heterocycles. The van der Waals surface area contributed by atoms with Gasteiger partial charge in [-0.05, 0) is 43.4 Å². The number of hydrogen-bond donors (Lipinski definition) is 3. The molecule has 0 radical (unpaired) electrons. The van der Waals surface area contributed by atoms with Gasteiger partial charge in [0, 0.05) is 42.3 Å². The quantitative estimate of drug-likeness (QED) is 0.380. The summed E-state index contributed by atoms with van der Waals surface area (Å²) in [6.45, 7) is 0. The number of halogens is 3. The van der Waals surface area contributed by atoms with Crippen molar-refractivity contribution < 1.29 is 13.6 Å². The van der Waals surface area contributed by atoms with Crippen molar-refractivity contribution in [1.29, 1.82) is 0 Å². The number of amides is 1. The molecule has 2 fully saturated rings. The van der Waals surface area contributed by atoms with Crippen molar-refractivity contribution >= 4 is 45.4 Å². The molecule has 2 aliphatic carbocycles. The van der Waals surface area contributed by atoms with E-state index in [0.717, 1.165) is 19.3 Å². The molecular formula is C24H24ClF2N7O. The smallest absolute Gasteiger partial charge is 0.231 e. The summed E-state index contributed by atoms with van der Waals surface area (Å²) < 4.78 is 30.5. The lowest BCUT2D eigenvalue weighted by molar-refractivity contribution is -0.117. The number of nitrogens with one attached hydrogen (secondary N) is 2. The Hall–Kier alpha value is -3.24. The van der Waals surface area contributed by atoms with E-state index in [1.807, 2.05) is 18.0 Å². The lowest BCUT2D eigenvalue weighted by atomic mass is 10.00. The summed E-state index contributed by atoms with van der Waals surface area (Å²) in [5, 5.41) is 14.8. The van der Waals surface area contributed by atoms with Gasteiger partial charge in [0.1, 0.15) is 11.9 Å². The van der Waals surface area contributed by atoms with E-state index >= 15 is 4.39 Å². The van der Waals surface area contributed by atoms with Crippen LogP contribution in [0.2, 0.25) is 5.02 Å². The Morgan fingerprint density at radius 1 is 1.34 bits per heavy atom. The standard InChI is InChI=1S/C24H24ClF2N7O/c1-33(13-3-2-12(28)7-13)23-21(27)20(25)19(16-10-29-31-22(16)23)11-4-5-34-14(6-11)8-18(32-34)30-24(35)15-9-17(15)26/h4-6,8,10,12-13,15,17H,2-3,7,9,28H2,1H3,(H,29,31)(H,30,32,35)/t12?,13?,15-,17+/m1/s1. The van der Waals surface area contributed by atoms with Crippen LogP contribution < -0.4 is 16.0 Å². The third-order valence-electron chi connectivity index (χ3n) is 7.16. The highest BCUT2D eigenvalue weighted by atomic mass is 35.5. The number of fused-ring (bicyclic) bond motifs is 2. The molecule has 0 bridgehead atoms. The molecule has 3 heterocycles. The molecule has 4 N–H and O–H groups in total. The van der Waals surface area contributed by atoms with Gasteiger partial charge in [0.05, 0.1) is 28.2 Å². The van der Waals surface area contributed by atoms with Gasteiger partial charge in [0.15, 0.2) is 11.6 Å². The highest BCUT2D eigenvalue weighted by Crippen LogP contribution is 2.44. The number of anilines is 2. The van der Waals surface area contributed by atoms with E-state index in [2.05, 4.69) is 20.6 Å². The highest BCUT2D eigenvalue weighted by Gasteiger charge is 2.43. The van der Waals surface area contributed by atoms with Crippen molar-refractivity contribution in [3.8, 4) is 11.1 Å². The Kier molecular flexibility index (Phi) is 5.19. The molecule has 35 heavy (non-hydrogen) atoms. The van der Waals surface area contributed by atoms with Crippen LogP contribution in [0.25, 0.3) is 27.5 Å². The summed E-state index contributed by atoms with van der Waals surface area (Å²) in [5.41, 5.74) is 8.89. The summed E-state index contributed by atoms with van der Waals surface area (Å²) >= 11 is 6.65. The van der Waals surface area contributed by atoms with Crippen molar-refractivity contribution in [1.82, 2.24) is 19.8 Å². The first kappa shape index (κ1) is 22.2. The Morgan fingerprint density at radius 2 is 2.14 bits per heavy atom. The number of alkyl halides is 1. The fourth-order valence-electron chi connectivity index (χ4n) is 5.10. The number of nitrogens with zero attached hydrogens (tertiary/aromatic N) is 4. The minimum atomic E-state index is -1.08. The van der Waals surface area contributed by atoms with Crippen LogP contribution >= 0.6 is 11.6 Å². The normalized spacial score (nSPS) is 23.8. The van der Waals surface area contributed by atoms with Gasteiger partial charge < -0.3 is 16.0 Å². The van der Waals surface area contributed by atoms with Crippen molar-refractivity contribution in [2.75, 3.05) is 17.3 Å². The molecule has 2 saturated carbocycles. The van der Waals surface area contributed by atoms with Crippen LogP contribution in [0, 0.1) is 11.7 Å². The van der Waals surface area contributed by atoms with E-state index in [9.17, 15) is 9.18 Å². The molecule has 182 valence electrons. The SMILES string of the molecule is CN(c1c(F)c(Cl)c(-c2ccn3nc(NC(=O)[C@@H]4C[C@@H]4F)cc3c2)c2cn[nH]c12)C1CCC(N)C1. The van der Waals surface area contributed by atoms with Crippen LogP contribution in [-0.4, -0.2) is 51.0 Å². The minimum Gasteiger partial charge on any atom is -0.367 e. The van der Waals surface area contributed by atoms with Crippen LogP contribution in [0.4, 0.5) is 20.3 Å². The van der Waals surface area contributed by atoms with Gasteiger partial charge >= 0.3 is 0 Å². The largest absolute Gasteiger partial charge is 0.367 e. The maximum atomic E-state index is 15.8. The number of nitrogens with two attached hydrogens (primary N) is 1. The summed E-state index contributed by atoms with van der Waals surface area (Å²) in [6, 6.07) is 5.49. The van der Waals surface area contributed by atoms with E-state index in [1.54, 1.807) is 29.0 Å². The van der Waals surface area contributed by atoms with E-state index < -0.39 is 17.9 Å². The topological polar surface area (TPSA) is 104 Å². The fraction of sp³-hybridized carbons (Fsp3) is 0.375. The maximum Gasteiger partial charge on any atom is 0.231 e. The molecule has 0 saturated heterocycles. The number of carbonyl (C=O) groups is 1. The molecule has 6 rings (SSSR count). The average molecular weight is 500 g/mol. The van der Waals surface area contributed by atoms with Gasteiger partial charge in [-0.15, -0.1) is 0 Å². The number of carbonyl (C=O) groups excluding carboxylic acids is 1. The molecule has 1 aromatic carbocycles. The number of hydrogen-bond acceptors (Lipinski definition) is 5. The van der Waals surface area contributed by atoms with Crippen LogP contribution in [0.5, 0.6) is 0 Å². The second-order valence-corrected chi connectivity index (χ2v) is 9.89. The minimum absolute atomic E-state index is 0.00292. The van der Waals surface area contributed by atoms with Crippen LogP contribution in [0.3, 0.4) is 0 Å². The molecule has 2 unspecified atom stereocenters. The second kappa shape index (κ2) is 8.17. The molecule has 4 aromatic rings.